The van der Waals surface area contributed by atoms with Gasteiger partial charge in [-0.3, -0.25) is 4.99 Å². The van der Waals surface area contributed by atoms with Crippen molar-refractivity contribution in [1.82, 2.24) is 9.97 Å². The van der Waals surface area contributed by atoms with Crippen molar-refractivity contribution in [2.75, 3.05) is 0 Å². The lowest BCUT2D eigenvalue weighted by atomic mass is 9.75. The molecule has 6 nitrogen and oxygen atoms in total. The minimum absolute atomic E-state index is 0.260. The number of hydrogen-bond donors (Lipinski definition) is 1. The molecule has 2 saturated carbocycles. The van der Waals surface area contributed by atoms with Crippen LogP contribution in [-0.2, 0) is 5.54 Å². The van der Waals surface area contributed by atoms with E-state index in [-0.39, 0.29) is 11.5 Å². The summed E-state index contributed by atoms with van der Waals surface area (Å²) in [5.41, 5.74) is 14.6. The number of nitrogens with zero attached hydrogens (tertiary/aromatic N) is 4. The van der Waals surface area contributed by atoms with Crippen molar-refractivity contribution >= 4 is 17.1 Å². The van der Waals surface area contributed by atoms with E-state index in [1.165, 1.54) is 30.5 Å². The van der Waals surface area contributed by atoms with Crippen LogP contribution in [0.25, 0.3) is 11.1 Å². The van der Waals surface area contributed by atoms with Crippen LogP contribution in [0.5, 0.6) is 0 Å². The van der Waals surface area contributed by atoms with Crippen molar-refractivity contribution in [3.8, 4) is 11.1 Å². The van der Waals surface area contributed by atoms with Gasteiger partial charge in [0, 0.05) is 23.7 Å². The average molecular weight is 524 g/mol. The monoisotopic (exact) mass is 523 g/mol. The molecule has 5 rings (SSSR count). The topological polar surface area (TPSA) is 93.6 Å². The van der Waals surface area contributed by atoms with Crippen LogP contribution in [0.15, 0.2) is 59.0 Å². The van der Waals surface area contributed by atoms with Crippen LogP contribution in [0.3, 0.4) is 0 Å². The number of aliphatic imine (C=N–C) groups is 1. The SMILES string of the molecule is CCCC(CC[C@@H](C)c1c(N=O)cccc1C1CCC1)=Nc1ccc(-c2cnc(C3(N)CCC3)nc2)cc1C. The van der Waals surface area contributed by atoms with Gasteiger partial charge in [0.1, 0.15) is 11.5 Å². The first-order valence-electron chi connectivity index (χ1n) is 14.7. The zero-order valence-electron chi connectivity index (χ0n) is 23.6. The van der Waals surface area contributed by atoms with Crippen LogP contribution in [-0.4, -0.2) is 15.7 Å². The maximum Gasteiger partial charge on any atom is 0.148 e. The highest BCUT2D eigenvalue weighted by atomic mass is 16.3. The minimum Gasteiger partial charge on any atom is -0.319 e. The third-order valence-electron chi connectivity index (χ3n) is 8.81. The molecule has 204 valence electrons. The Balaban J connectivity index is 1.31. The van der Waals surface area contributed by atoms with E-state index in [1.54, 1.807) is 0 Å². The lowest BCUT2D eigenvalue weighted by Crippen LogP contribution is -2.44. The quantitative estimate of drug-likeness (QED) is 0.200. The normalized spacial score (nSPS) is 17.8. The Hall–Kier alpha value is -3.25. The van der Waals surface area contributed by atoms with E-state index < -0.39 is 0 Å². The summed E-state index contributed by atoms with van der Waals surface area (Å²) >= 11 is 0. The molecule has 0 saturated heterocycles. The van der Waals surface area contributed by atoms with Crippen molar-refractivity contribution in [2.45, 2.75) is 102 Å². The Kier molecular flexibility index (Phi) is 8.31. The molecule has 0 bridgehead atoms. The lowest BCUT2D eigenvalue weighted by molar-refractivity contribution is 0.238. The largest absolute Gasteiger partial charge is 0.319 e. The molecule has 0 aliphatic heterocycles. The average Bonchev–Trinajstić information content (AvgIpc) is 2.90. The molecule has 0 spiro atoms. The first kappa shape index (κ1) is 27.3. The van der Waals surface area contributed by atoms with Gasteiger partial charge < -0.3 is 5.73 Å². The number of nitroso groups, excluding NO2 is 1. The van der Waals surface area contributed by atoms with Gasteiger partial charge in [-0.25, -0.2) is 9.97 Å². The Morgan fingerprint density at radius 3 is 2.41 bits per heavy atom. The summed E-state index contributed by atoms with van der Waals surface area (Å²) in [6.07, 6.45) is 14.4. The Labute approximate surface area is 232 Å². The van der Waals surface area contributed by atoms with Crippen LogP contribution in [0.1, 0.15) is 112 Å². The van der Waals surface area contributed by atoms with Crippen LogP contribution in [0.2, 0.25) is 0 Å². The Morgan fingerprint density at radius 1 is 1.05 bits per heavy atom. The summed E-state index contributed by atoms with van der Waals surface area (Å²) < 4.78 is 0. The molecule has 2 aromatic carbocycles. The summed E-state index contributed by atoms with van der Waals surface area (Å²) in [4.78, 5) is 26.0. The summed E-state index contributed by atoms with van der Waals surface area (Å²) in [7, 11) is 0. The summed E-state index contributed by atoms with van der Waals surface area (Å²) in [5, 5.41) is 3.40. The summed E-state index contributed by atoms with van der Waals surface area (Å²) in [6, 6.07) is 12.4. The Morgan fingerprint density at radius 2 is 1.82 bits per heavy atom. The third-order valence-corrected chi connectivity index (χ3v) is 8.81. The zero-order chi connectivity index (χ0) is 27.4. The number of rotatable bonds is 11. The molecule has 1 atom stereocenters. The van der Waals surface area contributed by atoms with Crippen molar-refractivity contribution < 1.29 is 0 Å². The van der Waals surface area contributed by atoms with Crippen molar-refractivity contribution in [3.05, 3.63) is 76.2 Å². The molecule has 0 unspecified atom stereocenters. The molecule has 39 heavy (non-hydrogen) atoms. The second-order valence-corrected chi connectivity index (χ2v) is 11.7. The molecular weight excluding hydrogens is 482 g/mol. The van der Waals surface area contributed by atoms with Crippen LogP contribution in [0.4, 0.5) is 11.4 Å². The van der Waals surface area contributed by atoms with Gasteiger partial charge in [-0.15, -0.1) is 4.91 Å². The summed E-state index contributed by atoms with van der Waals surface area (Å²) in [5.74, 6) is 1.58. The fourth-order valence-electron chi connectivity index (χ4n) is 5.96. The van der Waals surface area contributed by atoms with E-state index in [0.717, 1.165) is 78.7 Å². The van der Waals surface area contributed by atoms with Crippen LogP contribution < -0.4 is 5.73 Å². The van der Waals surface area contributed by atoms with Gasteiger partial charge in [0.05, 0.1) is 11.2 Å². The second kappa shape index (κ2) is 11.9. The van der Waals surface area contributed by atoms with E-state index in [9.17, 15) is 4.91 Å². The first-order chi connectivity index (χ1) is 18.9. The highest BCUT2D eigenvalue weighted by Crippen LogP contribution is 2.44. The number of aromatic nitrogens is 2. The predicted molar refractivity (Wildman–Crippen MR) is 160 cm³/mol. The van der Waals surface area contributed by atoms with Gasteiger partial charge in [0.25, 0.3) is 0 Å². The number of hydrogen-bond acceptors (Lipinski definition) is 6. The lowest BCUT2D eigenvalue weighted by Gasteiger charge is -2.36. The molecule has 3 aromatic rings. The molecule has 2 N–H and O–H groups in total. The number of benzene rings is 2. The fraction of sp³-hybridized carbons (Fsp3) is 0.485. The maximum absolute atomic E-state index is 11.7. The van der Waals surface area contributed by atoms with Gasteiger partial charge >= 0.3 is 0 Å². The molecule has 2 aliphatic rings. The van der Waals surface area contributed by atoms with Crippen LogP contribution in [0, 0.1) is 11.8 Å². The molecule has 0 radical (unpaired) electrons. The van der Waals surface area contributed by atoms with Crippen molar-refractivity contribution in [2.24, 2.45) is 15.9 Å². The smallest absolute Gasteiger partial charge is 0.148 e. The van der Waals surface area contributed by atoms with Gasteiger partial charge in [0.2, 0.25) is 0 Å². The van der Waals surface area contributed by atoms with E-state index in [2.05, 4.69) is 60.2 Å². The molecular formula is C33H41N5O. The number of aryl methyl sites for hydroxylation is 1. The van der Waals surface area contributed by atoms with Gasteiger partial charge in [0.15, 0.2) is 0 Å². The van der Waals surface area contributed by atoms with Gasteiger partial charge in [-0.2, -0.15) is 0 Å². The molecule has 1 aromatic heterocycles. The van der Waals surface area contributed by atoms with E-state index >= 15 is 0 Å². The third kappa shape index (κ3) is 5.86. The van der Waals surface area contributed by atoms with E-state index in [4.69, 9.17) is 10.7 Å². The maximum atomic E-state index is 11.7. The molecule has 0 amide bonds. The van der Waals surface area contributed by atoms with E-state index in [0.29, 0.717) is 11.6 Å². The number of nitrogens with two attached hydrogens (primary N) is 1. The zero-order valence-corrected chi connectivity index (χ0v) is 23.6. The molecule has 2 aliphatic carbocycles. The first-order valence-corrected chi connectivity index (χ1v) is 14.7. The van der Waals surface area contributed by atoms with Gasteiger partial charge in [-0.05, 0) is 116 Å². The Bertz CT molecular complexity index is 1340. The fourth-order valence-corrected chi connectivity index (χ4v) is 5.96. The highest BCUT2D eigenvalue weighted by Gasteiger charge is 2.37. The van der Waals surface area contributed by atoms with Crippen LogP contribution >= 0.6 is 0 Å². The second-order valence-electron chi connectivity index (χ2n) is 11.7. The van der Waals surface area contributed by atoms with Crippen molar-refractivity contribution in [1.29, 1.82) is 0 Å². The van der Waals surface area contributed by atoms with Crippen molar-refractivity contribution in [3.63, 3.8) is 0 Å². The summed E-state index contributed by atoms with van der Waals surface area (Å²) in [6.45, 7) is 6.55. The standard InChI is InChI=1S/C33H41N5O/c1-4-8-27(15-13-22(2)31-28(24-9-5-10-24)11-6-12-30(31)38-39)37-29-16-14-25(19-23(29)3)26-20-35-32(36-21-26)33(34)17-7-18-33/h6,11-12,14,16,19-22,24H,4-5,7-10,13,15,17-18,34H2,1-3H3/t22-/m1/s1. The van der Waals surface area contributed by atoms with Gasteiger partial charge in [-0.1, -0.05) is 44.9 Å². The predicted octanol–water partition coefficient (Wildman–Crippen LogP) is 8.91. The minimum atomic E-state index is -0.342. The molecule has 2 fully saturated rings. The highest BCUT2D eigenvalue weighted by molar-refractivity contribution is 5.87. The van der Waals surface area contributed by atoms with E-state index in [1.807, 2.05) is 24.5 Å². The molecule has 1 heterocycles. The molecule has 6 heteroatoms.